The Balaban J connectivity index is 1.54. The predicted octanol–water partition coefficient (Wildman–Crippen LogP) is 4.86. The van der Waals surface area contributed by atoms with Gasteiger partial charge in [0.2, 0.25) is 17.4 Å². The first kappa shape index (κ1) is 41.3. The number of carbonyl (C=O) groups excluding carboxylic acids is 3. The Kier molecular flexibility index (Phi) is 12.9. The average molecular weight is 793 g/mol. The van der Waals surface area contributed by atoms with Crippen molar-refractivity contribution in [3.63, 3.8) is 0 Å². The molecule has 1 unspecified atom stereocenters. The maximum atomic E-state index is 15.3. The van der Waals surface area contributed by atoms with Crippen molar-refractivity contribution in [1.82, 2.24) is 10.6 Å². The first-order valence-electron chi connectivity index (χ1n) is 17.2. The van der Waals surface area contributed by atoms with Gasteiger partial charge in [-0.3, -0.25) is 9.59 Å². The molecule has 5 atom stereocenters. The number of carboxylic acid groups (broad SMARTS) is 1. The second-order valence-corrected chi connectivity index (χ2v) is 15.3. The van der Waals surface area contributed by atoms with E-state index in [-0.39, 0.29) is 34.9 Å². The topological polar surface area (TPSA) is 171 Å². The molecule has 0 saturated carbocycles. The molecule has 3 aliphatic rings. The molecule has 4 N–H and O–H groups in total. The third kappa shape index (κ3) is 8.20. The molecule has 1 fully saturated rings. The van der Waals surface area contributed by atoms with Crippen LogP contribution in [0, 0.1) is 11.2 Å². The van der Waals surface area contributed by atoms with Crippen LogP contribution in [-0.4, -0.2) is 94.0 Å². The average Bonchev–Trinajstić information content (AvgIpc) is 3.58. The van der Waals surface area contributed by atoms with Gasteiger partial charge in [-0.2, -0.15) is 0 Å². The number of aliphatic carboxylic acids is 1. The predicted molar refractivity (Wildman–Crippen MR) is 197 cm³/mol. The molecule has 1 saturated heterocycles. The highest BCUT2D eigenvalue weighted by atomic mass is 35.5. The summed E-state index contributed by atoms with van der Waals surface area (Å²) < 4.78 is 42.0. The molecule has 2 aromatic carbocycles. The van der Waals surface area contributed by atoms with E-state index in [1.54, 1.807) is 31.4 Å². The molecule has 0 bridgehead atoms. The molecule has 5 rings (SSSR count). The number of hydrogen-bond acceptors (Lipinski definition) is 10. The van der Waals surface area contributed by atoms with Crippen molar-refractivity contribution < 1.29 is 52.4 Å². The fourth-order valence-corrected chi connectivity index (χ4v) is 7.82. The van der Waals surface area contributed by atoms with Crippen molar-refractivity contribution in [2.75, 3.05) is 52.8 Å². The van der Waals surface area contributed by atoms with Crippen LogP contribution in [0.5, 0.6) is 0 Å². The van der Waals surface area contributed by atoms with Gasteiger partial charge in [0.1, 0.15) is 11.2 Å². The molecule has 0 aromatic heterocycles. The standard InChI is InChI=1S/C38H44Cl2FN3O10/c1-36(2,3)19-29-38(24-16-26(41)25(40)17-27(24)42-34(38)48)30(21-7-6-8-23(39)15-21)31(43-29)32(45)44-28-10-9-22(33(46)47)18-37(28,51-5)35(49)54-20-53-14-13-52-12-11-50-4/h6-10,15-17,29-31,43H,11-14,18-20H2,1-5H3,(H,42,48)(H,44,45)(H,46,47)/t29-,30+,31+,37?,38+/m0/s1. The molecule has 16 heteroatoms. The number of allylic oxidation sites excluding steroid dienone is 2. The van der Waals surface area contributed by atoms with E-state index in [4.69, 9.17) is 46.9 Å². The molecule has 54 heavy (non-hydrogen) atoms. The van der Waals surface area contributed by atoms with E-state index in [1.165, 1.54) is 31.4 Å². The van der Waals surface area contributed by atoms with E-state index in [0.29, 0.717) is 41.5 Å². The van der Waals surface area contributed by atoms with Crippen LogP contribution in [0.2, 0.25) is 10.0 Å². The zero-order chi connectivity index (χ0) is 39.4. The maximum absolute atomic E-state index is 15.3. The minimum absolute atomic E-state index is 0.0826. The van der Waals surface area contributed by atoms with Crippen molar-refractivity contribution in [2.24, 2.45) is 5.41 Å². The number of nitrogens with one attached hydrogen (secondary N) is 3. The number of benzene rings is 2. The highest BCUT2D eigenvalue weighted by Gasteiger charge is 2.66. The number of methoxy groups -OCH3 is 2. The number of rotatable bonds is 15. The second-order valence-electron chi connectivity index (χ2n) is 14.5. The van der Waals surface area contributed by atoms with E-state index in [1.807, 2.05) is 20.8 Å². The van der Waals surface area contributed by atoms with Crippen LogP contribution in [0.1, 0.15) is 50.7 Å². The van der Waals surface area contributed by atoms with Crippen molar-refractivity contribution in [1.29, 1.82) is 0 Å². The Morgan fingerprint density at radius 2 is 1.76 bits per heavy atom. The summed E-state index contributed by atoms with van der Waals surface area (Å²) >= 11 is 12.7. The number of carbonyl (C=O) groups is 4. The van der Waals surface area contributed by atoms with Crippen molar-refractivity contribution in [3.05, 3.63) is 86.8 Å². The lowest BCUT2D eigenvalue weighted by Gasteiger charge is -2.38. The molecule has 292 valence electrons. The quantitative estimate of drug-likeness (QED) is 0.110. The van der Waals surface area contributed by atoms with Gasteiger partial charge in [0.15, 0.2) is 6.79 Å². The first-order valence-corrected chi connectivity index (χ1v) is 18.0. The Morgan fingerprint density at radius 3 is 2.43 bits per heavy atom. The van der Waals surface area contributed by atoms with Gasteiger partial charge in [-0.25, -0.2) is 14.0 Å². The van der Waals surface area contributed by atoms with Crippen LogP contribution in [0.3, 0.4) is 0 Å². The largest absolute Gasteiger partial charge is 0.478 e. The maximum Gasteiger partial charge on any atom is 0.347 e. The third-order valence-corrected chi connectivity index (χ3v) is 10.3. The minimum Gasteiger partial charge on any atom is -0.478 e. The Morgan fingerprint density at radius 1 is 1.04 bits per heavy atom. The number of hydrogen-bond donors (Lipinski definition) is 4. The Labute approximate surface area is 322 Å². The molecule has 1 aliphatic carbocycles. The Bertz CT molecular complexity index is 1850. The summed E-state index contributed by atoms with van der Waals surface area (Å²) in [7, 11) is 2.73. The van der Waals surface area contributed by atoms with Crippen molar-refractivity contribution in [2.45, 2.75) is 62.6 Å². The van der Waals surface area contributed by atoms with Gasteiger partial charge >= 0.3 is 11.9 Å². The summed E-state index contributed by atoms with van der Waals surface area (Å²) in [6, 6.07) is 7.38. The number of esters is 1. The van der Waals surface area contributed by atoms with Gasteiger partial charge < -0.3 is 44.7 Å². The van der Waals surface area contributed by atoms with Crippen molar-refractivity contribution in [3.8, 4) is 0 Å². The minimum atomic E-state index is -2.11. The fraction of sp³-hybridized carbons (Fsp3) is 0.474. The number of fused-ring (bicyclic) bond motifs is 2. The van der Waals surface area contributed by atoms with E-state index in [9.17, 15) is 24.3 Å². The molecular formula is C38H44Cl2FN3O10. The summed E-state index contributed by atoms with van der Waals surface area (Å²) in [6.07, 6.45) is 2.39. The molecule has 2 heterocycles. The lowest BCUT2D eigenvalue weighted by Crippen LogP contribution is -2.54. The smallest absolute Gasteiger partial charge is 0.347 e. The molecular weight excluding hydrogens is 748 g/mol. The molecule has 0 radical (unpaired) electrons. The van der Waals surface area contributed by atoms with E-state index >= 15 is 4.39 Å². The van der Waals surface area contributed by atoms with Crippen LogP contribution in [-0.2, 0) is 48.3 Å². The number of amides is 2. The first-order chi connectivity index (χ1) is 25.6. The zero-order valence-electron chi connectivity index (χ0n) is 30.6. The molecule has 2 amide bonds. The van der Waals surface area contributed by atoms with Crippen LogP contribution in [0.25, 0.3) is 0 Å². The van der Waals surface area contributed by atoms with Gasteiger partial charge in [-0.1, -0.05) is 56.1 Å². The van der Waals surface area contributed by atoms with Crippen molar-refractivity contribution >= 4 is 52.6 Å². The van der Waals surface area contributed by atoms with Gasteiger partial charge in [-0.05, 0) is 59.4 Å². The van der Waals surface area contributed by atoms with Crippen LogP contribution in [0.4, 0.5) is 10.1 Å². The molecule has 2 aromatic rings. The summed E-state index contributed by atoms with van der Waals surface area (Å²) in [6.45, 7) is 6.46. The van der Waals surface area contributed by atoms with E-state index < -0.39 is 71.8 Å². The molecule has 13 nitrogen and oxygen atoms in total. The van der Waals surface area contributed by atoms with Gasteiger partial charge in [0, 0.05) is 48.9 Å². The zero-order valence-corrected chi connectivity index (χ0v) is 32.1. The summed E-state index contributed by atoms with van der Waals surface area (Å²) in [4.78, 5) is 55.1. The normalized spacial score (nSPS) is 24.8. The fourth-order valence-electron chi connectivity index (χ4n) is 7.46. The lowest BCUT2D eigenvalue weighted by atomic mass is 9.62. The number of ether oxygens (including phenoxy) is 5. The van der Waals surface area contributed by atoms with Crippen LogP contribution in [0.15, 0.2) is 59.8 Å². The summed E-state index contributed by atoms with van der Waals surface area (Å²) in [5, 5.41) is 19.1. The lowest BCUT2D eigenvalue weighted by molar-refractivity contribution is -0.178. The monoisotopic (exact) mass is 791 g/mol. The van der Waals surface area contributed by atoms with Gasteiger partial charge in [0.25, 0.3) is 0 Å². The van der Waals surface area contributed by atoms with E-state index in [2.05, 4.69) is 16.0 Å². The highest BCUT2D eigenvalue weighted by Crippen LogP contribution is 2.57. The third-order valence-electron chi connectivity index (χ3n) is 9.80. The molecule has 1 spiro atoms. The van der Waals surface area contributed by atoms with E-state index in [0.717, 1.165) is 0 Å². The summed E-state index contributed by atoms with van der Waals surface area (Å²) in [5.74, 6) is -5.21. The SMILES string of the molecule is COCCOCCOCOC(=O)C1(OC)CC(C(=O)O)=CC=C1NC(=O)[C@@H]1N[C@@H](CC(C)(C)C)[C@@]2(C(=O)Nc3cc(Cl)c(F)cc32)[C@@H]1c1cccc(Cl)c1. The highest BCUT2D eigenvalue weighted by molar-refractivity contribution is 6.31. The number of halogens is 3. The number of carboxylic acids is 1. The van der Waals surface area contributed by atoms with Gasteiger partial charge in [0.05, 0.1) is 43.2 Å². The molecule has 2 aliphatic heterocycles. The van der Waals surface area contributed by atoms with Crippen LogP contribution < -0.4 is 16.0 Å². The Hall–Kier alpha value is -3.89. The van der Waals surface area contributed by atoms with Gasteiger partial charge in [-0.15, -0.1) is 0 Å². The second kappa shape index (κ2) is 16.9. The van der Waals surface area contributed by atoms with Crippen LogP contribution >= 0.6 is 23.2 Å². The summed E-state index contributed by atoms with van der Waals surface area (Å²) in [5.41, 5.74) is -3.19. The number of anilines is 1.